The molecule has 0 aliphatic rings. The zero-order valence-corrected chi connectivity index (χ0v) is 16.8. The van der Waals surface area contributed by atoms with Crippen LogP contribution in [0.1, 0.15) is 37.3 Å². The van der Waals surface area contributed by atoms with Gasteiger partial charge in [-0.25, -0.2) is 5.48 Å². The van der Waals surface area contributed by atoms with Crippen molar-refractivity contribution >= 4 is 12.2 Å². The summed E-state index contributed by atoms with van der Waals surface area (Å²) < 4.78 is 0. The zero-order chi connectivity index (χ0) is 20.7. The molecule has 0 saturated carbocycles. The van der Waals surface area contributed by atoms with Crippen molar-refractivity contribution in [1.29, 1.82) is 0 Å². The first-order chi connectivity index (χ1) is 12.8. The highest BCUT2D eigenvalue weighted by atomic mass is 16.6. The Labute approximate surface area is 162 Å². The highest BCUT2D eigenvalue weighted by Crippen LogP contribution is 2.18. The Morgan fingerprint density at radius 2 is 2.07 bits per heavy atom. The second kappa shape index (κ2) is 13.9. The van der Waals surface area contributed by atoms with Crippen LogP contribution in [-0.2, 0) is 20.2 Å². The van der Waals surface area contributed by atoms with Gasteiger partial charge < -0.3 is 19.6 Å². The van der Waals surface area contributed by atoms with Gasteiger partial charge >= 0.3 is 0 Å². The van der Waals surface area contributed by atoms with E-state index in [1.54, 1.807) is 52.2 Å². The average molecular weight is 377 g/mol. The average Bonchev–Trinajstić information content (AvgIpc) is 2.66. The van der Waals surface area contributed by atoms with Crippen LogP contribution in [0.25, 0.3) is 0 Å². The Bertz CT molecular complexity index is 632. The fourth-order valence-corrected chi connectivity index (χ4v) is 1.96. The van der Waals surface area contributed by atoms with Crippen molar-refractivity contribution in [3.63, 3.8) is 0 Å². The van der Waals surface area contributed by atoms with Crippen LogP contribution >= 0.6 is 0 Å². The number of amides is 1. The number of aldehydes is 1. The summed E-state index contributed by atoms with van der Waals surface area (Å²) in [5.41, 5.74) is 2.58. The molecule has 0 aliphatic heterocycles. The minimum absolute atomic E-state index is 0.0722. The quantitative estimate of drug-likeness (QED) is 0.206. The fraction of sp³-hybridized carbons (Fsp3) is 0.500. The highest BCUT2D eigenvalue weighted by Gasteiger charge is 2.21. The topological polar surface area (TPSA) is 90.9 Å². The number of hydrogen-bond acceptors (Lipinski definition) is 6. The molecule has 3 N–H and O–H groups in total. The Kier molecular flexibility index (Phi) is 12.7. The molecular formula is C20H31N3O4. The molecule has 1 amide bonds. The highest BCUT2D eigenvalue weighted by molar-refractivity contribution is 5.75. The zero-order valence-electron chi connectivity index (χ0n) is 16.8. The predicted molar refractivity (Wildman–Crippen MR) is 106 cm³/mol. The number of rotatable bonds is 8. The van der Waals surface area contributed by atoms with Gasteiger partial charge in [-0.1, -0.05) is 24.0 Å². The van der Waals surface area contributed by atoms with Gasteiger partial charge in [-0.15, -0.1) is 0 Å². The van der Waals surface area contributed by atoms with E-state index < -0.39 is 5.72 Å². The monoisotopic (exact) mass is 377 g/mol. The number of benzene rings is 1. The number of carbonyl (C=O) groups excluding carboxylic acids is 2. The van der Waals surface area contributed by atoms with Gasteiger partial charge in [-0.3, -0.25) is 10.1 Å². The molecule has 1 rings (SSSR count). The van der Waals surface area contributed by atoms with Crippen LogP contribution < -0.4 is 10.8 Å². The molecule has 7 heteroatoms. The van der Waals surface area contributed by atoms with Gasteiger partial charge in [-0.05, 0) is 31.0 Å². The molecule has 1 aromatic carbocycles. The van der Waals surface area contributed by atoms with E-state index >= 15 is 0 Å². The molecule has 7 nitrogen and oxygen atoms in total. The van der Waals surface area contributed by atoms with Crippen molar-refractivity contribution in [3.05, 3.63) is 35.4 Å². The summed E-state index contributed by atoms with van der Waals surface area (Å²) in [6, 6.07) is 7.23. The third kappa shape index (κ3) is 11.2. The van der Waals surface area contributed by atoms with Gasteiger partial charge in [0.1, 0.15) is 12.0 Å². The maximum atomic E-state index is 11.4. The van der Waals surface area contributed by atoms with Gasteiger partial charge in [-0.2, -0.15) is 0 Å². The number of aliphatic hydroxyl groups is 1. The summed E-state index contributed by atoms with van der Waals surface area (Å²) in [7, 11) is 6.76. The Hall–Kier alpha value is -2.24. The van der Waals surface area contributed by atoms with E-state index in [9.17, 15) is 14.7 Å². The molecule has 27 heavy (non-hydrogen) atoms. The molecule has 1 unspecified atom stereocenters. The molecule has 1 atom stereocenters. The molecule has 0 bridgehead atoms. The van der Waals surface area contributed by atoms with Crippen molar-refractivity contribution in [3.8, 4) is 11.8 Å². The standard InChI is InChI=1S/C18H24N2O3.C2H7NO/c1-18(23,19-12-13-21)16-10-7-9-15(14-16)8-5-4-6-11-17(22)20(2)3;1-3-4-2/h7,9-10,13-14,19,23H,4,6,11-12H2,1-3H3;3H,1-2H3. The third-order valence-corrected chi connectivity index (χ3v) is 3.58. The first kappa shape index (κ1) is 24.8. The summed E-state index contributed by atoms with van der Waals surface area (Å²) in [5, 5.41) is 13.1. The normalized spacial score (nSPS) is 11.9. The third-order valence-electron chi connectivity index (χ3n) is 3.58. The first-order valence-corrected chi connectivity index (χ1v) is 8.68. The van der Waals surface area contributed by atoms with Gasteiger partial charge in [0.05, 0.1) is 13.7 Å². The Morgan fingerprint density at radius 3 is 2.63 bits per heavy atom. The largest absolute Gasteiger partial charge is 0.372 e. The number of hydroxylamine groups is 1. The van der Waals surface area contributed by atoms with Crippen LogP contribution in [-0.4, -0.2) is 57.0 Å². The SMILES string of the molecule is CN(C)C(=O)CCCC#Cc1cccc(C(C)(O)NCC=O)c1.CNOC. The lowest BCUT2D eigenvalue weighted by Crippen LogP contribution is -2.40. The molecule has 0 spiro atoms. The fourth-order valence-electron chi connectivity index (χ4n) is 1.96. The summed E-state index contributed by atoms with van der Waals surface area (Å²) in [6.45, 7) is 1.67. The van der Waals surface area contributed by atoms with Gasteiger partial charge in [0, 0.05) is 39.5 Å². The van der Waals surface area contributed by atoms with Crippen LogP contribution in [0, 0.1) is 11.8 Å². The van der Waals surface area contributed by atoms with E-state index in [1.165, 1.54) is 0 Å². The summed E-state index contributed by atoms with van der Waals surface area (Å²) in [5.74, 6) is 6.17. The van der Waals surface area contributed by atoms with E-state index in [0.29, 0.717) is 24.7 Å². The van der Waals surface area contributed by atoms with Crippen LogP contribution in [0.3, 0.4) is 0 Å². The number of hydrogen-bond donors (Lipinski definition) is 3. The number of nitrogens with zero attached hydrogens (tertiary/aromatic N) is 1. The number of unbranched alkanes of at least 4 members (excludes halogenated alkanes) is 1. The van der Waals surface area contributed by atoms with E-state index in [4.69, 9.17) is 0 Å². The number of carbonyl (C=O) groups is 2. The molecule has 0 saturated heterocycles. The minimum atomic E-state index is -1.28. The van der Waals surface area contributed by atoms with Crippen LogP contribution in [0.15, 0.2) is 24.3 Å². The first-order valence-electron chi connectivity index (χ1n) is 8.68. The number of nitrogens with one attached hydrogen (secondary N) is 2. The van der Waals surface area contributed by atoms with Crippen LogP contribution in [0.5, 0.6) is 0 Å². The molecule has 0 heterocycles. The Morgan fingerprint density at radius 1 is 1.41 bits per heavy atom. The molecule has 0 radical (unpaired) electrons. The van der Waals surface area contributed by atoms with Crippen LogP contribution in [0.2, 0.25) is 0 Å². The molecule has 0 aliphatic carbocycles. The van der Waals surface area contributed by atoms with E-state index in [2.05, 4.69) is 27.5 Å². The predicted octanol–water partition coefficient (Wildman–Crippen LogP) is 1.02. The van der Waals surface area contributed by atoms with Gasteiger partial charge in [0.2, 0.25) is 5.91 Å². The molecule has 0 fully saturated rings. The second-order valence-corrected chi connectivity index (χ2v) is 6.05. The van der Waals surface area contributed by atoms with E-state index in [-0.39, 0.29) is 12.5 Å². The lowest BCUT2D eigenvalue weighted by atomic mass is 10.0. The van der Waals surface area contributed by atoms with Crippen molar-refractivity contribution in [2.45, 2.75) is 31.9 Å². The summed E-state index contributed by atoms with van der Waals surface area (Å²) >= 11 is 0. The molecule has 0 aromatic heterocycles. The van der Waals surface area contributed by atoms with Crippen molar-refractivity contribution in [2.24, 2.45) is 0 Å². The molecular weight excluding hydrogens is 346 g/mol. The van der Waals surface area contributed by atoms with Crippen molar-refractivity contribution in [1.82, 2.24) is 15.7 Å². The molecule has 150 valence electrons. The smallest absolute Gasteiger partial charge is 0.222 e. The maximum Gasteiger partial charge on any atom is 0.222 e. The second-order valence-electron chi connectivity index (χ2n) is 6.05. The van der Waals surface area contributed by atoms with E-state index in [1.807, 2.05) is 12.1 Å². The lowest BCUT2D eigenvalue weighted by molar-refractivity contribution is -0.128. The van der Waals surface area contributed by atoms with Crippen molar-refractivity contribution in [2.75, 3.05) is 34.8 Å². The minimum Gasteiger partial charge on any atom is -0.372 e. The van der Waals surface area contributed by atoms with Crippen molar-refractivity contribution < 1.29 is 19.5 Å². The van der Waals surface area contributed by atoms with Gasteiger partial charge in [0.15, 0.2) is 0 Å². The summed E-state index contributed by atoms with van der Waals surface area (Å²) in [4.78, 5) is 27.7. The Balaban J connectivity index is 0.00000153. The van der Waals surface area contributed by atoms with Crippen LogP contribution in [0.4, 0.5) is 0 Å². The lowest BCUT2D eigenvalue weighted by Gasteiger charge is -2.24. The van der Waals surface area contributed by atoms with Gasteiger partial charge in [0.25, 0.3) is 0 Å². The maximum absolute atomic E-state index is 11.4. The summed E-state index contributed by atoms with van der Waals surface area (Å²) in [6.07, 6.45) is 2.56. The molecule has 1 aromatic rings. The van der Waals surface area contributed by atoms with E-state index in [0.717, 1.165) is 12.0 Å².